The van der Waals surface area contributed by atoms with E-state index >= 15 is 4.79 Å². The predicted octanol–water partition coefficient (Wildman–Crippen LogP) is 15.0. The molecule has 0 radical (unpaired) electrons. The van der Waals surface area contributed by atoms with Gasteiger partial charge in [0.15, 0.2) is 0 Å². The van der Waals surface area contributed by atoms with Gasteiger partial charge in [0.05, 0.1) is 11.5 Å². The Kier molecular flexibility index (Phi) is 11.2. The van der Waals surface area contributed by atoms with Gasteiger partial charge in [-0.1, -0.05) is 114 Å². The molecule has 60 heavy (non-hydrogen) atoms. The maximum Gasteiger partial charge on any atom is 0.312 e. The first kappa shape index (κ1) is 44.4. The van der Waals surface area contributed by atoms with Crippen molar-refractivity contribution in [3.63, 3.8) is 0 Å². The topological polar surface area (TPSA) is 46.5 Å². The standard InChI is InChI=1S/C57H94O3/c1-35(2)14-13-15-37(5)42-18-19-43-41-17-16-38-34-39(22-27-52(38,8)44(41)24-28-53(42,43)9)60-50(59)57-31-23-40(36(3)4)49(57)45-20-21-47-54(10)29-26-48(58)51(6,7)46(54)25-30-56(47,12)55(45,11)32-33-57/h16,35-37,39-49,58H,13-15,17-34H2,1-12H3/t37-,39-,40?,41+,42-,43+,44+,45-,46?,47-,48-,49?,52+,53-,54+,55-,56-,57+/m1/s1. The zero-order chi connectivity index (χ0) is 43.0. The Labute approximate surface area is 370 Å². The predicted molar refractivity (Wildman–Crippen MR) is 248 cm³/mol. The minimum atomic E-state index is -0.300. The van der Waals surface area contributed by atoms with Crippen molar-refractivity contribution >= 4 is 5.97 Å². The molecule has 9 aliphatic rings. The summed E-state index contributed by atoms with van der Waals surface area (Å²) in [6.45, 7) is 30.6. The lowest BCUT2D eigenvalue weighted by atomic mass is 9.32. The van der Waals surface area contributed by atoms with E-state index in [-0.39, 0.29) is 50.7 Å². The monoisotopic (exact) mass is 827 g/mol. The molecule has 0 aliphatic heterocycles. The number of rotatable bonds is 8. The zero-order valence-corrected chi connectivity index (χ0v) is 41.3. The van der Waals surface area contributed by atoms with Gasteiger partial charge in [0.2, 0.25) is 0 Å². The van der Waals surface area contributed by atoms with Crippen molar-refractivity contribution in [2.45, 2.75) is 230 Å². The number of aliphatic hydroxyl groups excluding tert-OH is 1. The van der Waals surface area contributed by atoms with Gasteiger partial charge in [0, 0.05) is 6.42 Å². The van der Waals surface area contributed by atoms with Crippen LogP contribution < -0.4 is 0 Å². The van der Waals surface area contributed by atoms with Crippen LogP contribution in [0.25, 0.3) is 0 Å². The number of fused-ring (bicyclic) bond motifs is 12. The van der Waals surface area contributed by atoms with E-state index in [1.165, 1.54) is 103 Å². The smallest absolute Gasteiger partial charge is 0.312 e. The molecule has 8 saturated carbocycles. The summed E-state index contributed by atoms with van der Waals surface area (Å²) >= 11 is 0. The second kappa shape index (κ2) is 15.1. The fourth-order valence-electron chi connectivity index (χ4n) is 20.8. The van der Waals surface area contributed by atoms with E-state index in [2.05, 4.69) is 89.2 Å². The average Bonchev–Trinajstić information content (AvgIpc) is 3.76. The molecular weight excluding hydrogens is 733 g/mol. The summed E-state index contributed by atoms with van der Waals surface area (Å²) in [5.74, 6) is 8.91. The molecule has 8 fully saturated rings. The minimum absolute atomic E-state index is 0.0136. The van der Waals surface area contributed by atoms with Crippen LogP contribution in [0.4, 0.5) is 0 Å². The highest BCUT2D eigenvalue weighted by Gasteiger charge is 2.72. The zero-order valence-electron chi connectivity index (χ0n) is 41.3. The van der Waals surface area contributed by atoms with Crippen LogP contribution in [0.15, 0.2) is 11.6 Å². The van der Waals surface area contributed by atoms with Crippen molar-refractivity contribution in [2.24, 2.45) is 109 Å². The van der Waals surface area contributed by atoms with Crippen molar-refractivity contribution < 1.29 is 14.6 Å². The summed E-state index contributed by atoms with van der Waals surface area (Å²) in [7, 11) is 0. The van der Waals surface area contributed by atoms with Crippen LogP contribution in [0.5, 0.6) is 0 Å². The van der Waals surface area contributed by atoms with E-state index in [0.717, 1.165) is 67.6 Å². The normalized spacial score (nSPS) is 52.2. The molecular formula is C57H94O3. The van der Waals surface area contributed by atoms with Crippen LogP contribution >= 0.6 is 0 Å². The van der Waals surface area contributed by atoms with Crippen molar-refractivity contribution in [2.75, 3.05) is 0 Å². The third-order valence-corrected chi connectivity index (χ3v) is 24.3. The highest BCUT2D eigenvalue weighted by Crippen LogP contribution is 2.78. The van der Waals surface area contributed by atoms with E-state index in [1.807, 2.05) is 0 Å². The number of hydrogen-bond acceptors (Lipinski definition) is 3. The van der Waals surface area contributed by atoms with Crippen LogP contribution in [0.1, 0.15) is 218 Å². The minimum Gasteiger partial charge on any atom is -0.462 e. The lowest BCUT2D eigenvalue weighted by Gasteiger charge is -2.72. The molecule has 0 heterocycles. The van der Waals surface area contributed by atoms with E-state index in [1.54, 1.807) is 5.57 Å². The van der Waals surface area contributed by atoms with Crippen molar-refractivity contribution in [1.29, 1.82) is 0 Å². The molecule has 3 unspecified atom stereocenters. The molecule has 3 nitrogen and oxygen atoms in total. The Morgan fingerprint density at radius 2 is 1.43 bits per heavy atom. The number of esters is 1. The molecule has 0 aromatic carbocycles. The summed E-state index contributed by atoms with van der Waals surface area (Å²) in [6, 6.07) is 0. The Balaban J connectivity index is 0.910. The molecule has 9 aliphatic carbocycles. The van der Waals surface area contributed by atoms with Gasteiger partial charge in [0.25, 0.3) is 0 Å². The van der Waals surface area contributed by atoms with Crippen molar-refractivity contribution in [3.05, 3.63) is 11.6 Å². The Bertz CT molecular complexity index is 1660. The number of carbonyl (C=O) groups excluding carboxylic acids is 1. The van der Waals surface area contributed by atoms with Gasteiger partial charge in [0.1, 0.15) is 6.10 Å². The summed E-state index contributed by atoms with van der Waals surface area (Å²) < 4.78 is 7.03. The van der Waals surface area contributed by atoms with Gasteiger partial charge in [-0.3, -0.25) is 4.79 Å². The van der Waals surface area contributed by atoms with Gasteiger partial charge in [-0.2, -0.15) is 0 Å². The maximum atomic E-state index is 15.3. The first-order valence-electron chi connectivity index (χ1n) is 26.8. The van der Waals surface area contributed by atoms with E-state index in [0.29, 0.717) is 40.9 Å². The van der Waals surface area contributed by atoms with Gasteiger partial charge >= 0.3 is 5.97 Å². The molecule has 0 aromatic heterocycles. The van der Waals surface area contributed by atoms with Gasteiger partial charge in [-0.25, -0.2) is 0 Å². The fraction of sp³-hybridized carbons (Fsp3) is 0.947. The third-order valence-electron chi connectivity index (χ3n) is 24.3. The summed E-state index contributed by atoms with van der Waals surface area (Å²) in [5.41, 5.74) is 2.97. The van der Waals surface area contributed by atoms with Crippen LogP contribution in [0.3, 0.4) is 0 Å². The Morgan fingerprint density at radius 1 is 0.700 bits per heavy atom. The van der Waals surface area contributed by atoms with E-state index in [4.69, 9.17) is 4.74 Å². The van der Waals surface area contributed by atoms with Gasteiger partial charge < -0.3 is 9.84 Å². The van der Waals surface area contributed by atoms with Crippen molar-refractivity contribution in [1.82, 2.24) is 0 Å². The second-order valence-corrected chi connectivity index (χ2v) is 27.2. The van der Waals surface area contributed by atoms with Crippen LogP contribution in [0, 0.1) is 109 Å². The van der Waals surface area contributed by atoms with Crippen LogP contribution in [-0.4, -0.2) is 23.3 Å². The summed E-state index contributed by atoms with van der Waals surface area (Å²) in [4.78, 5) is 15.3. The lowest BCUT2D eigenvalue weighted by Crippen LogP contribution is -2.67. The van der Waals surface area contributed by atoms with Crippen molar-refractivity contribution in [3.8, 4) is 0 Å². The molecule has 0 aromatic rings. The largest absolute Gasteiger partial charge is 0.462 e. The highest BCUT2D eigenvalue weighted by molar-refractivity contribution is 5.78. The molecule has 1 N–H and O–H groups in total. The molecule has 9 rings (SSSR count). The molecule has 340 valence electrons. The molecule has 18 atom stereocenters. The van der Waals surface area contributed by atoms with E-state index in [9.17, 15) is 5.11 Å². The molecule has 0 bridgehead atoms. The second-order valence-electron chi connectivity index (χ2n) is 27.2. The Hall–Kier alpha value is -0.830. The SMILES string of the molecule is CC(C)CCC[C@@H](C)[C@H]1CC[C@H]2[C@@H]3CC=C4C[C@H](OC(=O)[C@]56CCC(C(C)C)C5[C@H]5CC[C@@H]7[C@@]8(C)CC[C@@H](O)C(C)(C)C8CC[C@@]7(C)[C@]5(C)CC6)CC[C@]4(C)[C@H]3CC[C@]12C. The number of aliphatic hydroxyl groups is 1. The average molecular weight is 827 g/mol. The first-order valence-corrected chi connectivity index (χ1v) is 26.8. The number of allylic oxidation sites excluding steroid dienone is 1. The third kappa shape index (κ3) is 6.23. The van der Waals surface area contributed by atoms with Crippen LogP contribution in [0.2, 0.25) is 0 Å². The highest BCUT2D eigenvalue weighted by atomic mass is 16.5. The van der Waals surface area contributed by atoms with Gasteiger partial charge in [-0.15, -0.1) is 0 Å². The van der Waals surface area contributed by atoms with Crippen LogP contribution in [-0.2, 0) is 9.53 Å². The number of hydrogen-bond donors (Lipinski definition) is 1. The summed E-state index contributed by atoms with van der Waals surface area (Å²) in [6.07, 6.45) is 28.8. The molecule has 0 saturated heterocycles. The first-order chi connectivity index (χ1) is 28.2. The molecule has 3 heteroatoms. The Morgan fingerprint density at radius 3 is 2.17 bits per heavy atom. The summed E-state index contributed by atoms with van der Waals surface area (Å²) in [5, 5.41) is 11.2. The molecule has 0 amide bonds. The van der Waals surface area contributed by atoms with E-state index < -0.39 is 0 Å². The lowest BCUT2D eigenvalue weighted by molar-refractivity contribution is -0.250. The van der Waals surface area contributed by atoms with Gasteiger partial charge in [-0.05, 0) is 213 Å². The number of ether oxygens (including phenoxy) is 1. The maximum absolute atomic E-state index is 15.3. The quantitative estimate of drug-likeness (QED) is 0.196. The molecule has 0 spiro atoms. The number of carbonyl (C=O) groups is 1. The fourth-order valence-corrected chi connectivity index (χ4v) is 20.8.